The van der Waals surface area contributed by atoms with Crippen LogP contribution >= 0.6 is 15.9 Å². The lowest BCUT2D eigenvalue weighted by Crippen LogP contribution is -2.14. The van der Waals surface area contributed by atoms with Crippen molar-refractivity contribution in [2.75, 3.05) is 28.4 Å². The molecular formula is C14H16BrNO4. The van der Waals surface area contributed by atoms with Gasteiger partial charge in [-0.2, -0.15) is 5.26 Å². The molecule has 0 unspecified atom stereocenters. The second-order valence-electron chi connectivity index (χ2n) is 3.75. The molecule has 0 saturated carbocycles. The fourth-order valence-electron chi connectivity index (χ4n) is 1.70. The lowest BCUT2D eigenvalue weighted by Gasteiger charge is -2.13. The molecule has 20 heavy (non-hydrogen) atoms. The second-order valence-corrected chi connectivity index (χ2v) is 4.61. The molecule has 108 valence electrons. The molecule has 0 aliphatic carbocycles. The second kappa shape index (κ2) is 7.90. The fourth-order valence-corrected chi connectivity index (χ4v) is 2.33. The van der Waals surface area contributed by atoms with Crippen molar-refractivity contribution >= 4 is 22.0 Å². The minimum atomic E-state index is -0.702. The summed E-state index contributed by atoms with van der Waals surface area (Å²) in [5.74, 6) is 1.16. The zero-order valence-corrected chi connectivity index (χ0v) is 13.4. The van der Waals surface area contributed by atoms with E-state index in [1.807, 2.05) is 6.07 Å². The number of benzene rings is 1. The van der Waals surface area contributed by atoms with E-state index in [1.54, 1.807) is 26.4 Å². The van der Waals surface area contributed by atoms with Gasteiger partial charge >= 0.3 is 0 Å². The highest BCUT2D eigenvalue weighted by Crippen LogP contribution is 2.36. The topological polar surface area (TPSA) is 60.7 Å². The minimum absolute atomic E-state index is 0.356. The summed E-state index contributed by atoms with van der Waals surface area (Å²) >= 11 is 3.40. The van der Waals surface area contributed by atoms with Crippen LogP contribution in [0.2, 0.25) is 0 Å². The van der Waals surface area contributed by atoms with Gasteiger partial charge in [0.05, 0.1) is 24.3 Å². The van der Waals surface area contributed by atoms with Crippen LogP contribution in [0.4, 0.5) is 0 Å². The maximum Gasteiger partial charge on any atom is 0.193 e. The van der Waals surface area contributed by atoms with E-state index in [-0.39, 0.29) is 0 Å². The summed E-state index contributed by atoms with van der Waals surface area (Å²) in [6, 6.07) is 5.65. The Kier molecular flexibility index (Phi) is 6.52. The van der Waals surface area contributed by atoms with Crippen LogP contribution in [0.1, 0.15) is 5.56 Å². The number of rotatable bonds is 6. The van der Waals surface area contributed by atoms with Crippen molar-refractivity contribution in [2.45, 2.75) is 6.29 Å². The van der Waals surface area contributed by atoms with Gasteiger partial charge in [-0.15, -0.1) is 0 Å². The van der Waals surface area contributed by atoms with Crippen LogP contribution < -0.4 is 9.47 Å². The Labute approximate surface area is 126 Å². The average molecular weight is 342 g/mol. The molecule has 1 aromatic carbocycles. The quantitative estimate of drug-likeness (QED) is 0.588. The Bertz CT molecular complexity index is 533. The van der Waals surface area contributed by atoms with Crippen molar-refractivity contribution in [2.24, 2.45) is 0 Å². The standard InChI is InChI=1S/C14H16BrNO4/c1-17-12-7-9(6-11(15)13(12)18-2)5-10(8-16)14(19-3)20-4/h5-7,14H,1-4H3. The van der Waals surface area contributed by atoms with Crippen molar-refractivity contribution in [1.29, 1.82) is 5.26 Å². The Balaban J connectivity index is 3.27. The first-order chi connectivity index (χ1) is 9.60. The van der Waals surface area contributed by atoms with Crippen LogP contribution in [0.3, 0.4) is 0 Å². The Hall–Kier alpha value is -1.55. The van der Waals surface area contributed by atoms with Gasteiger partial charge in [-0.05, 0) is 39.7 Å². The van der Waals surface area contributed by atoms with E-state index in [4.69, 9.17) is 18.9 Å². The molecule has 0 aromatic heterocycles. The monoisotopic (exact) mass is 341 g/mol. The van der Waals surface area contributed by atoms with Crippen LogP contribution in [0, 0.1) is 11.3 Å². The van der Waals surface area contributed by atoms with Gasteiger partial charge in [-0.3, -0.25) is 0 Å². The molecule has 0 aliphatic rings. The van der Waals surface area contributed by atoms with Gasteiger partial charge < -0.3 is 18.9 Å². The molecule has 1 aromatic rings. The molecule has 0 N–H and O–H groups in total. The molecule has 0 radical (unpaired) electrons. The van der Waals surface area contributed by atoms with E-state index in [0.717, 1.165) is 10.0 Å². The number of nitrogens with zero attached hydrogens (tertiary/aromatic N) is 1. The zero-order chi connectivity index (χ0) is 15.1. The van der Waals surface area contributed by atoms with Crippen LogP contribution in [0.5, 0.6) is 11.5 Å². The third kappa shape index (κ3) is 3.73. The van der Waals surface area contributed by atoms with Gasteiger partial charge in [0, 0.05) is 14.2 Å². The molecular weight excluding hydrogens is 326 g/mol. The summed E-state index contributed by atoms with van der Waals surface area (Å²) in [5, 5.41) is 9.17. The molecule has 0 aliphatic heterocycles. The Morgan fingerprint density at radius 3 is 2.30 bits per heavy atom. The molecule has 0 amide bonds. The number of hydrogen-bond acceptors (Lipinski definition) is 5. The lowest BCUT2D eigenvalue weighted by molar-refractivity contribution is -0.0712. The number of methoxy groups -OCH3 is 4. The van der Waals surface area contributed by atoms with Crippen molar-refractivity contribution in [3.8, 4) is 17.6 Å². The molecule has 5 nitrogen and oxygen atoms in total. The van der Waals surface area contributed by atoms with Gasteiger partial charge in [0.1, 0.15) is 6.07 Å². The Morgan fingerprint density at radius 1 is 1.20 bits per heavy atom. The van der Waals surface area contributed by atoms with E-state index >= 15 is 0 Å². The predicted octanol–water partition coefficient (Wildman–Crippen LogP) is 2.99. The molecule has 0 fully saturated rings. The summed E-state index contributed by atoms with van der Waals surface area (Å²) in [6.07, 6.45) is 0.969. The molecule has 1 rings (SSSR count). The van der Waals surface area contributed by atoms with Crippen LogP contribution in [-0.2, 0) is 9.47 Å². The Morgan fingerprint density at radius 2 is 1.85 bits per heavy atom. The van der Waals surface area contributed by atoms with Gasteiger partial charge in [0.2, 0.25) is 0 Å². The number of halogens is 1. The van der Waals surface area contributed by atoms with Crippen molar-refractivity contribution in [1.82, 2.24) is 0 Å². The van der Waals surface area contributed by atoms with Gasteiger partial charge in [-0.25, -0.2) is 0 Å². The van der Waals surface area contributed by atoms with E-state index in [9.17, 15) is 5.26 Å². The highest BCUT2D eigenvalue weighted by atomic mass is 79.9. The highest BCUT2D eigenvalue weighted by molar-refractivity contribution is 9.10. The normalized spacial score (nSPS) is 11.3. The molecule has 0 spiro atoms. The highest BCUT2D eigenvalue weighted by Gasteiger charge is 2.14. The molecule has 0 atom stereocenters. The van der Waals surface area contributed by atoms with E-state index in [2.05, 4.69) is 22.0 Å². The fraction of sp³-hybridized carbons (Fsp3) is 0.357. The van der Waals surface area contributed by atoms with Crippen molar-refractivity contribution in [3.63, 3.8) is 0 Å². The SMILES string of the molecule is COc1cc(C=C(C#N)C(OC)OC)cc(Br)c1OC. The summed E-state index contributed by atoms with van der Waals surface area (Å²) < 4.78 is 21.4. The van der Waals surface area contributed by atoms with Crippen molar-refractivity contribution in [3.05, 3.63) is 27.7 Å². The number of ether oxygens (including phenoxy) is 4. The summed E-state index contributed by atoms with van der Waals surface area (Å²) in [6.45, 7) is 0. The third-order valence-electron chi connectivity index (χ3n) is 2.59. The van der Waals surface area contributed by atoms with Crippen molar-refractivity contribution < 1.29 is 18.9 Å². The molecule has 0 bridgehead atoms. The first kappa shape index (κ1) is 16.5. The van der Waals surface area contributed by atoms with E-state index < -0.39 is 6.29 Å². The summed E-state index contributed by atoms with van der Waals surface area (Å²) in [4.78, 5) is 0. The summed E-state index contributed by atoms with van der Waals surface area (Å²) in [5.41, 5.74) is 1.12. The first-order valence-electron chi connectivity index (χ1n) is 5.70. The first-order valence-corrected chi connectivity index (χ1v) is 6.49. The smallest absolute Gasteiger partial charge is 0.193 e. The van der Waals surface area contributed by atoms with Crippen LogP contribution in [0.15, 0.2) is 22.2 Å². The van der Waals surface area contributed by atoms with Gasteiger partial charge in [0.15, 0.2) is 17.8 Å². The number of nitriles is 1. The zero-order valence-electron chi connectivity index (χ0n) is 11.8. The largest absolute Gasteiger partial charge is 0.493 e. The molecule has 6 heteroatoms. The van der Waals surface area contributed by atoms with Gasteiger partial charge in [0.25, 0.3) is 0 Å². The lowest BCUT2D eigenvalue weighted by atomic mass is 10.1. The van der Waals surface area contributed by atoms with Crippen LogP contribution in [-0.4, -0.2) is 34.7 Å². The predicted molar refractivity (Wildman–Crippen MR) is 78.6 cm³/mol. The number of hydrogen-bond donors (Lipinski definition) is 0. The average Bonchev–Trinajstić information content (AvgIpc) is 2.46. The maximum absolute atomic E-state index is 9.17. The van der Waals surface area contributed by atoms with Crippen LogP contribution in [0.25, 0.3) is 6.08 Å². The minimum Gasteiger partial charge on any atom is -0.493 e. The van der Waals surface area contributed by atoms with Gasteiger partial charge in [-0.1, -0.05) is 0 Å². The molecule has 0 heterocycles. The molecule has 0 saturated heterocycles. The third-order valence-corrected chi connectivity index (χ3v) is 3.18. The maximum atomic E-state index is 9.17. The summed E-state index contributed by atoms with van der Waals surface area (Å²) in [7, 11) is 6.06. The van der Waals surface area contributed by atoms with E-state index in [0.29, 0.717) is 17.1 Å². The van der Waals surface area contributed by atoms with E-state index in [1.165, 1.54) is 14.2 Å².